The highest BCUT2D eigenvalue weighted by molar-refractivity contribution is 5.68. The first-order chi connectivity index (χ1) is 12.8. The Morgan fingerprint density at radius 1 is 1.19 bits per heavy atom. The molecule has 1 aliphatic carbocycles. The number of epoxide rings is 1. The summed E-state index contributed by atoms with van der Waals surface area (Å²) in [4.78, 5) is 12.4. The van der Waals surface area contributed by atoms with Crippen molar-refractivity contribution in [2.45, 2.75) is 96.4 Å². The van der Waals surface area contributed by atoms with E-state index in [1.165, 1.54) is 32.1 Å². The normalized spacial score (nSPS) is 24.1. The fourth-order valence-corrected chi connectivity index (χ4v) is 3.53. The molecule has 158 valence electrons. The highest BCUT2D eigenvalue weighted by atomic mass is 16.8. The lowest BCUT2D eigenvalue weighted by Crippen LogP contribution is -2.50. The largest absolute Gasteiger partial charge is 0.444 e. The zero-order valence-corrected chi connectivity index (χ0v) is 17.5. The molecule has 7 nitrogen and oxygen atoms in total. The van der Waals surface area contributed by atoms with Crippen molar-refractivity contribution in [3.05, 3.63) is 0 Å². The molecule has 1 heterocycles. The smallest absolute Gasteiger partial charge is 0.407 e. The van der Waals surface area contributed by atoms with Crippen molar-refractivity contribution in [2.75, 3.05) is 20.5 Å². The molecule has 0 aromatic rings. The molecule has 1 amide bonds. The van der Waals surface area contributed by atoms with E-state index in [0.717, 1.165) is 6.42 Å². The summed E-state index contributed by atoms with van der Waals surface area (Å²) >= 11 is 0. The summed E-state index contributed by atoms with van der Waals surface area (Å²) in [5.41, 5.74) is -0.539. The number of nitrogens with one attached hydrogen (secondary N) is 1. The van der Waals surface area contributed by atoms with Gasteiger partial charge in [-0.15, -0.1) is 0 Å². The second-order valence-corrected chi connectivity index (χ2v) is 8.58. The van der Waals surface area contributed by atoms with E-state index < -0.39 is 11.7 Å². The molecule has 1 saturated heterocycles. The van der Waals surface area contributed by atoms with Gasteiger partial charge in [-0.2, -0.15) is 0 Å². The van der Waals surface area contributed by atoms with E-state index >= 15 is 0 Å². The van der Waals surface area contributed by atoms with Crippen LogP contribution in [0.1, 0.15) is 66.2 Å². The van der Waals surface area contributed by atoms with Crippen molar-refractivity contribution in [1.82, 2.24) is 5.32 Å². The predicted octanol–water partition coefficient (Wildman–Crippen LogP) is 3.60. The highest BCUT2D eigenvalue weighted by Gasteiger charge is 2.41. The first kappa shape index (κ1) is 22.4. The van der Waals surface area contributed by atoms with Crippen LogP contribution in [0.2, 0.25) is 0 Å². The maximum atomic E-state index is 12.4. The van der Waals surface area contributed by atoms with Crippen molar-refractivity contribution < 1.29 is 28.5 Å². The van der Waals surface area contributed by atoms with Crippen molar-refractivity contribution in [3.8, 4) is 0 Å². The summed E-state index contributed by atoms with van der Waals surface area (Å²) in [6, 6.07) is -0.170. The summed E-state index contributed by atoms with van der Waals surface area (Å²) < 4.78 is 27.5. The average molecular weight is 388 g/mol. The summed E-state index contributed by atoms with van der Waals surface area (Å²) in [6.45, 7) is 8.13. The third-order valence-corrected chi connectivity index (χ3v) is 5.03. The number of carbonyl (C=O) groups is 1. The Labute approximate surface area is 163 Å². The van der Waals surface area contributed by atoms with Crippen LogP contribution in [0.3, 0.4) is 0 Å². The highest BCUT2D eigenvalue weighted by Crippen LogP contribution is 2.31. The second-order valence-electron chi connectivity index (χ2n) is 8.58. The molecule has 0 aromatic heterocycles. The Balaban J connectivity index is 1.98. The van der Waals surface area contributed by atoms with Gasteiger partial charge in [-0.1, -0.05) is 32.1 Å². The van der Waals surface area contributed by atoms with E-state index in [4.69, 9.17) is 23.7 Å². The summed E-state index contributed by atoms with van der Waals surface area (Å²) in [5.74, 6) is 0.586. The molecule has 1 N–H and O–H groups in total. The lowest BCUT2D eigenvalue weighted by atomic mass is 9.83. The van der Waals surface area contributed by atoms with Gasteiger partial charge in [-0.3, -0.25) is 0 Å². The molecule has 27 heavy (non-hydrogen) atoms. The zero-order valence-electron chi connectivity index (χ0n) is 17.5. The monoisotopic (exact) mass is 387 g/mol. The van der Waals surface area contributed by atoms with Crippen molar-refractivity contribution in [1.29, 1.82) is 0 Å². The van der Waals surface area contributed by atoms with Crippen LogP contribution in [-0.2, 0) is 23.7 Å². The Hall–Kier alpha value is -0.890. The molecule has 2 fully saturated rings. The molecule has 4 atom stereocenters. The number of alkyl carbamates (subject to hydrolysis) is 1. The van der Waals surface area contributed by atoms with Crippen molar-refractivity contribution >= 4 is 6.09 Å². The maximum Gasteiger partial charge on any atom is 0.407 e. The maximum absolute atomic E-state index is 12.4. The van der Waals surface area contributed by atoms with Crippen LogP contribution in [0.15, 0.2) is 0 Å². The summed E-state index contributed by atoms with van der Waals surface area (Å²) in [5, 5.41) is 3.04. The van der Waals surface area contributed by atoms with Gasteiger partial charge in [-0.05, 0) is 40.0 Å². The molecule has 2 aliphatic rings. The molecule has 7 heteroatoms. The minimum atomic E-state index is -0.539. The average Bonchev–Trinajstić information content (AvgIpc) is 3.42. The molecule has 1 saturated carbocycles. The van der Waals surface area contributed by atoms with Crippen LogP contribution < -0.4 is 5.32 Å². The molecular formula is C20H37NO6. The van der Waals surface area contributed by atoms with E-state index in [1.807, 2.05) is 27.7 Å². The van der Waals surface area contributed by atoms with Crippen molar-refractivity contribution in [3.63, 3.8) is 0 Å². The van der Waals surface area contributed by atoms with Gasteiger partial charge in [0.2, 0.25) is 0 Å². The van der Waals surface area contributed by atoms with Gasteiger partial charge < -0.3 is 29.0 Å². The topological polar surface area (TPSA) is 78.5 Å². The molecule has 0 aromatic carbocycles. The van der Waals surface area contributed by atoms with Gasteiger partial charge in [0, 0.05) is 7.11 Å². The van der Waals surface area contributed by atoms with E-state index in [0.29, 0.717) is 12.5 Å². The van der Waals surface area contributed by atoms with Gasteiger partial charge in [0.1, 0.15) is 24.6 Å². The van der Waals surface area contributed by atoms with E-state index in [9.17, 15) is 4.79 Å². The fraction of sp³-hybridized carbons (Fsp3) is 0.950. The van der Waals surface area contributed by atoms with E-state index in [1.54, 1.807) is 7.11 Å². The molecule has 0 radical (unpaired) electrons. The minimum Gasteiger partial charge on any atom is -0.444 e. The third-order valence-electron chi connectivity index (χ3n) is 5.03. The number of rotatable bonds is 10. The van der Waals surface area contributed by atoms with Gasteiger partial charge in [0.15, 0.2) is 6.29 Å². The second kappa shape index (κ2) is 10.6. The Morgan fingerprint density at radius 2 is 1.85 bits per heavy atom. The third kappa shape index (κ3) is 8.77. The van der Waals surface area contributed by atoms with Crippen LogP contribution in [0.5, 0.6) is 0 Å². The SMILES string of the molecule is COC(C)OCO[C@@H](C1CO1)[C@H](CC1CCCCC1)NC(=O)OC(C)(C)C. The van der Waals surface area contributed by atoms with Gasteiger partial charge >= 0.3 is 6.09 Å². The standard InChI is InChI=1S/C20H37NO6/c1-14(23-5)25-13-26-18(17-12-24-17)16(11-15-9-7-6-8-10-15)21-19(22)27-20(2,3)4/h14-18H,6-13H2,1-5H3,(H,21,22)/t14?,16-,17?,18+/m0/s1. The fourth-order valence-electron chi connectivity index (χ4n) is 3.53. The molecule has 0 bridgehead atoms. The van der Waals surface area contributed by atoms with Crippen LogP contribution in [-0.4, -0.2) is 56.7 Å². The quantitative estimate of drug-likeness (QED) is 0.456. The van der Waals surface area contributed by atoms with Gasteiger partial charge in [0.05, 0.1) is 12.6 Å². The van der Waals surface area contributed by atoms with Crippen LogP contribution in [0, 0.1) is 5.92 Å². The number of hydrogen-bond donors (Lipinski definition) is 1. The zero-order chi connectivity index (χ0) is 19.9. The number of carbonyl (C=O) groups excluding carboxylic acids is 1. The Kier molecular flexibility index (Phi) is 8.79. The number of amides is 1. The predicted molar refractivity (Wildman–Crippen MR) is 101 cm³/mol. The molecular weight excluding hydrogens is 350 g/mol. The number of ether oxygens (including phenoxy) is 5. The molecule has 0 spiro atoms. The number of hydrogen-bond acceptors (Lipinski definition) is 6. The lowest BCUT2D eigenvalue weighted by Gasteiger charge is -2.32. The van der Waals surface area contributed by atoms with Crippen LogP contribution >= 0.6 is 0 Å². The van der Waals surface area contributed by atoms with Crippen LogP contribution in [0.4, 0.5) is 4.79 Å². The first-order valence-corrected chi connectivity index (χ1v) is 10.2. The number of methoxy groups -OCH3 is 1. The molecule has 2 rings (SSSR count). The Bertz CT molecular complexity index is 442. The molecule has 1 aliphatic heterocycles. The van der Waals surface area contributed by atoms with Crippen LogP contribution in [0.25, 0.3) is 0 Å². The minimum absolute atomic E-state index is 0.0185. The first-order valence-electron chi connectivity index (χ1n) is 10.2. The van der Waals surface area contributed by atoms with Gasteiger partial charge in [0.25, 0.3) is 0 Å². The summed E-state index contributed by atoms with van der Waals surface area (Å²) in [7, 11) is 1.59. The lowest BCUT2D eigenvalue weighted by molar-refractivity contribution is -0.194. The van der Waals surface area contributed by atoms with E-state index in [-0.39, 0.29) is 31.3 Å². The summed E-state index contributed by atoms with van der Waals surface area (Å²) in [6.07, 6.45) is 6.03. The van der Waals surface area contributed by atoms with E-state index in [2.05, 4.69) is 5.32 Å². The molecule has 2 unspecified atom stereocenters. The van der Waals surface area contributed by atoms with Gasteiger partial charge in [-0.25, -0.2) is 4.79 Å². The Morgan fingerprint density at radius 3 is 2.41 bits per heavy atom. The van der Waals surface area contributed by atoms with Crippen molar-refractivity contribution in [2.24, 2.45) is 5.92 Å².